The molecule has 3 heterocycles. The molecule has 2 aromatic rings. The Hall–Kier alpha value is -4.01. The summed E-state index contributed by atoms with van der Waals surface area (Å²) in [6, 6.07) is 11.3. The van der Waals surface area contributed by atoms with Crippen LogP contribution in [0.3, 0.4) is 0 Å². The molecule has 1 amide bonds. The number of aliphatic imine (C=N–C) groups is 2. The van der Waals surface area contributed by atoms with Crippen LogP contribution in [0.5, 0.6) is 23.0 Å². The van der Waals surface area contributed by atoms with Gasteiger partial charge in [0.15, 0.2) is 23.0 Å². The van der Waals surface area contributed by atoms with Gasteiger partial charge in [0.1, 0.15) is 18.9 Å². The zero-order valence-corrected chi connectivity index (χ0v) is 17.5. The van der Waals surface area contributed by atoms with Crippen molar-refractivity contribution in [2.75, 3.05) is 40.1 Å². The Morgan fingerprint density at radius 3 is 2.50 bits per heavy atom. The van der Waals surface area contributed by atoms with E-state index < -0.39 is 0 Å². The van der Waals surface area contributed by atoms with Crippen LogP contribution in [0.2, 0.25) is 0 Å². The van der Waals surface area contributed by atoms with Crippen molar-refractivity contribution in [1.29, 1.82) is 0 Å². The van der Waals surface area contributed by atoms with Crippen molar-refractivity contribution in [3.63, 3.8) is 0 Å². The van der Waals surface area contributed by atoms with Crippen molar-refractivity contribution in [2.45, 2.75) is 0 Å². The van der Waals surface area contributed by atoms with Gasteiger partial charge in [0, 0.05) is 13.3 Å². The van der Waals surface area contributed by atoms with Crippen LogP contribution >= 0.6 is 0 Å². The molecule has 1 N–H and O–H groups in total. The fourth-order valence-electron chi connectivity index (χ4n) is 3.47. The van der Waals surface area contributed by atoms with Crippen molar-refractivity contribution < 1.29 is 23.7 Å². The molecule has 0 bridgehead atoms. The minimum Gasteiger partial charge on any atom is -0.486 e. The van der Waals surface area contributed by atoms with E-state index in [0.29, 0.717) is 49.5 Å². The number of hydrogen-bond donors (Lipinski definition) is 1. The molecule has 0 aliphatic carbocycles. The van der Waals surface area contributed by atoms with Gasteiger partial charge in [-0.05, 0) is 47.5 Å². The van der Waals surface area contributed by atoms with Gasteiger partial charge in [0.05, 0.1) is 13.1 Å². The standard InChI is InChI=1S/C23H22N4O5/c1-27-22(28)17(10-15-2-4-19-21(11-15)32-14-31-19)26-23(27)25-7-6-24-13-16-3-5-18-20(12-16)30-9-8-29-18/h2-5,10-13H,6-9,14H2,1H3,(H,25,26)/b17-10-,24-13?. The van der Waals surface area contributed by atoms with E-state index in [2.05, 4.69) is 15.3 Å². The Kier molecular flexibility index (Phi) is 5.37. The number of fused-ring (bicyclic) bond motifs is 2. The molecule has 9 heteroatoms. The van der Waals surface area contributed by atoms with Crippen LogP contribution in [0.4, 0.5) is 0 Å². The third kappa shape index (κ3) is 4.09. The first-order valence-corrected chi connectivity index (χ1v) is 10.3. The van der Waals surface area contributed by atoms with Gasteiger partial charge >= 0.3 is 0 Å². The van der Waals surface area contributed by atoms with Gasteiger partial charge in [-0.1, -0.05) is 6.07 Å². The second-order valence-electron chi connectivity index (χ2n) is 7.30. The minimum absolute atomic E-state index is 0.152. The van der Waals surface area contributed by atoms with E-state index in [4.69, 9.17) is 18.9 Å². The summed E-state index contributed by atoms with van der Waals surface area (Å²) in [4.78, 5) is 22.9. The Balaban J connectivity index is 1.19. The highest BCUT2D eigenvalue weighted by atomic mass is 16.7. The Morgan fingerprint density at radius 2 is 1.62 bits per heavy atom. The predicted octanol–water partition coefficient (Wildman–Crippen LogP) is 2.06. The Labute approximate surface area is 185 Å². The lowest BCUT2D eigenvalue weighted by Crippen LogP contribution is -2.28. The molecular formula is C23H22N4O5. The lowest BCUT2D eigenvalue weighted by molar-refractivity contribution is -0.121. The van der Waals surface area contributed by atoms with Crippen LogP contribution in [-0.4, -0.2) is 63.1 Å². The number of carbonyl (C=O) groups is 1. The molecule has 0 radical (unpaired) electrons. The van der Waals surface area contributed by atoms with E-state index in [0.717, 1.165) is 22.6 Å². The predicted molar refractivity (Wildman–Crippen MR) is 119 cm³/mol. The molecule has 5 rings (SSSR count). The summed E-state index contributed by atoms with van der Waals surface area (Å²) in [6.07, 6.45) is 3.55. The maximum Gasteiger partial charge on any atom is 0.276 e. The summed E-state index contributed by atoms with van der Waals surface area (Å²) in [7, 11) is 1.69. The highest BCUT2D eigenvalue weighted by molar-refractivity contribution is 6.15. The number of benzene rings is 2. The van der Waals surface area contributed by atoms with Crippen molar-refractivity contribution >= 4 is 24.2 Å². The van der Waals surface area contributed by atoms with E-state index in [1.54, 1.807) is 19.3 Å². The summed E-state index contributed by atoms with van der Waals surface area (Å²) in [5.41, 5.74) is 2.22. The van der Waals surface area contributed by atoms with Gasteiger partial charge in [-0.15, -0.1) is 0 Å². The third-order valence-electron chi connectivity index (χ3n) is 5.10. The van der Waals surface area contributed by atoms with E-state index in [1.807, 2.05) is 36.4 Å². The molecule has 0 atom stereocenters. The summed E-state index contributed by atoms with van der Waals surface area (Å²) in [5.74, 6) is 3.21. The average molecular weight is 434 g/mol. The fraction of sp³-hybridized carbons (Fsp3) is 0.261. The smallest absolute Gasteiger partial charge is 0.276 e. The number of guanidine groups is 1. The van der Waals surface area contributed by atoms with Crippen LogP contribution in [0.1, 0.15) is 11.1 Å². The van der Waals surface area contributed by atoms with Crippen LogP contribution < -0.4 is 24.3 Å². The third-order valence-corrected chi connectivity index (χ3v) is 5.10. The van der Waals surface area contributed by atoms with E-state index in [-0.39, 0.29) is 12.7 Å². The number of carbonyl (C=O) groups excluding carboxylic acids is 1. The molecule has 0 spiro atoms. The molecule has 2 aromatic carbocycles. The highest BCUT2D eigenvalue weighted by Crippen LogP contribution is 2.33. The van der Waals surface area contributed by atoms with Crippen molar-refractivity contribution in [3.8, 4) is 23.0 Å². The molecule has 1 saturated heterocycles. The maximum absolute atomic E-state index is 12.6. The first kappa shape index (κ1) is 19.9. The second kappa shape index (κ2) is 8.62. The SMILES string of the molecule is CN1C(=O)/C(=C/c2ccc3c(c2)OCO3)NC1=NCCN=Cc1ccc2c(c1)OCCO2. The number of hydrogen-bond acceptors (Lipinski definition) is 7. The molecule has 1 fully saturated rings. The number of likely N-dealkylation sites (N-methyl/N-ethyl adjacent to an activating group) is 1. The Bertz CT molecular complexity index is 1140. The van der Waals surface area contributed by atoms with Gasteiger partial charge in [0.25, 0.3) is 5.91 Å². The zero-order chi connectivity index (χ0) is 21.9. The topological polar surface area (TPSA) is 94.0 Å². The first-order chi connectivity index (χ1) is 15.7. The summed E-state index contributed by atoms with van der Waals surface area (Å²) >= 11 is 0. The molecule has 0 unspecified atom stereocenters. The minimum atomic E-state index is -0.152. The van der Waals surface area contributed by atoms with Crippen LogP contribution in [0.25, 0.3) is 6.08 Å². The molecule has 0 saturated carbocycles. The van der Waals surface area contributed by atoms with Crippen LogP contribution in [0.15, 0.2) is 52.1 Å². The van der Waals surface area contributed by atoms with Crippen molar-refractivity contribution in [1.82, 2.24) is 10.2 Å². The molecule has 0 aromatic heterocycles. The molecule has 3 aliphatic rings. The van der Waals surface area contributed by atoms with Crippen molar-refractivity contribution in [2.24, 2.45) is 9.98 Å². The van der Waals surface area contributed by atoms with Crippen molar-refractivity contribution in [3.05, 3.63) is 53.2 Å². The number of ether oxygens (including phenoxy) is 4. The number of rotatable bonds is 5. The second-order valence-corrected chi connectivity index (χ2v) is 7.30. The van der Waals surface area contributed by atoms with Gasteiger partial charge in [-0.2, -0.15) is 0 Å². The maximum atomic E-state index is 12.6. The number of nitrogens with zero attached hydrogens (tertiary/aromatic N) is 3. The molecular weight excluding hydrogens is 412 g/mol. The Morgan fingerprint density at radius 1 is 0.938 bits per heavy atom. The van der Waals surface area contributed by atoms with Gasteiger partial charge < -0.3 is 24.3 Å². The molecule has 164 valence electrons. The van der Waals surface area contributed by atoms with E-state index >= 15 is 0 Å². The lowest BCUT2D eigenvalue weighted by Gasteiger charge is -2.18. The quantitative estimate of drug-likeness (QED) is 0.440. The van der Waals surface area contributed by atoms with Gasteiger partial charge in [-0.3, -0.25) is 19.7 Å². The van der Waals surface area contributed by atoms with E-state index in [9.17, 15) is 4.79 Å². The van der Waals surface area contributed by atoms with Crippen LogP contribution in [-0.2, 0) is 4.79 Å². The number of amides is 1. The fourth-order valence-corrected chi connectivity index (χ4v) is 3.47. The van der Waals surface area contributed by atoms with Gasteiger partial charge in [-0.25, -0.2) is 0 Å². The zero-order valence-electron chi connectivity index (χ0n) is 17.5. The monoisotopic (exact) mass is 434 g/mol. The largest absolute Gasteiger partial charge is 0.486 e. The first-order valence-electron chi connectivity index (χ1n) is 10.3. The highest BCUT2D eigenvalue weighted by Gasteiger charge is 2.28. The van der Waals surface area contributed by atoms with Crippen LogP contribution in [0, 0.1) is 0 Å². The number of nitrogens with one attached hydrogen (secondary N) is 1. The molecule has 3 aliphatic heterocycles. The normalized spacial score (nSPS) is 19.3. The summed E-state index contributed by atoms with van der Waals surface area (Å²) < 4.78 is 21.8. The average Bonchev–Trinajstić information content (AvgIpc) is 3.39. The molecule has 32 heavy (non-hydrogen) atoms. The van der Waals surface area contributed by atoms with Gasteiger partial charge in [0.2, 0.25) is 12.8 Å². The lowest BCUT2D eigenvalue weighted by atomic mass is 10.1. The summed E-state index contributed by atoms with van der Waals surface area (Å²) in [5, 5.41) is 3.08. The summed E-state index contributed by atoms with van der Waals surface area (Å²) in [6.45, 7) is 2.26. The molecule has 9 nitrogen and oxygen atoms in total. The van der Waals surface area contributed by atoms with E-state index in [1.165, 1.54) is 4.90 Å².